The molecule has 1 aliphatic carbocycles. The van der Waals surface area contributed by atoms with E-state index >= 15 is 0 Å². The Bertz CT molecular complexity index is 914. The molecule has 6 nitrogen and oxygen atoms in total. The quantitative estimate of drug-likeness (QED) is 0.714. The van der Waals surface area contributed by atoms with Crippen molar-refractivity contribution < 1.29 is 19.8 Å². The van der Waals surface area contributed by atoms with Gasteiger partial charge in [0.05, 0.1) is 11.5 Å². The Hall–Kier alpha value is -2.60. The molecule has 0 aromatic heterocycles. The number of benzene rings is 2. The molecule has 30 heavy (non-hydrogen) atoms. The summed E-state index contributed by atoms with van der Waals surface area (Å²) in [5.74, 6) is -0.630. The van der Waals surface area contributed by atoms with Crippen LogP contribution in [0, 0.1) is 0 Å². The number of hydrogen-bond acceptors (Lipinski definition) is 3. The number of carbonyl (C=O) groups is 2. The maximum Gasteiger partial charge on any atom is 0.404 e. The third-order valence-electron chi connectivity index (χ3n) is 6.74. The fraction of sp³-hybridized carbons (Fsp3) is 0.500. The summed E-state index contributed by atoms with van der Waals surface area (Å²) in [6.07, 6.45) is 4.39. The number of fused-ring (bicyclic) bond motifs is 1. The molecule has 1 saturated carbocycles. The number of carboxylic acid groups (broad SMARTS) is 1. The smallest absolute Gasteiger partial charge is 0.404 e. The molecule has 1 heterocycles. The molecule has 6 heteroatoms. The number of carbonyl (C=O) groups excluding carboxylic acids is 1. The van der Waals surface area contributed by atoms with Gasteiger partial charge in [0.1, 0.15) is 0 Å². The second-order valence-corrected chi connectivity index (χ2v) is 8.75. The maximum absolute atomic E-state index is 13.7. The lowest BCUT2D eigenvalue weighted by Gasteiger charge is -2.42. The lowest BCUT2D eigenvalue weighted by Crippen LogP contribution is -2.52. The van der Waals surface area contributed by atoms with E-state index in [1.807, 2.05) is 47.4 Å². The van der Waals surface area contributed by atoms with E-state index in [-0.39, 0.29) is 11.9 Å². The number of nitrogens with zero attached hydrogens (tertiary/aromatic N) is 1. The van der Waals surface area contributed by atoms with E-state index in [1.165, 1.54) is 0 Å². The summed E-state index contributed by atoms with van der Waals surface area (Å²) in [6.45, 7) is 1.01. The monoisotopic (exact) mass is 410 g/mol. The SMILES string of the molecule is O=C(O)NC1CCN(C(=O)C(c2ccc3ccccc3c2)C2(O)CCCCC2)CC1. The molecule has 4 rings (SSSR count). The summed E-state index contributed by atoms with van der Waals surface area (Å²) < 4.78 is 0. The molecule has 2 aliphatic rings. The van der Waals surface area contributed by atoms with Gasteiger partial charge in [-0.2, -0.15) is 0 Å². The van der Waals surface area contributed by atoms with E-state index in [9.17, 15) is 14.7 Å². The standard InChI is InChI=1S/C24H30N2O4/c27-22(26-14-10-20(11-15-26)25-23(28)29)21(24(30)12-4-1-5-13-24)19-9-8-17-6-2-3-7-18(17)16-19/h2-3,6-9,16,20-21,25,30H,1,4-5,10-15H2,(H,28,29). The van der Waals surface area contributed by atoms with E-state index in [0.717, 1.165) is 35.6 Å². The first-order valence-corrected chi connectivity index (χ1v) is 11.0. The van der Waals surface area contributed by atoms with E-state index in [1.54, 1.807) is 0 Å². The number of aliphatic hydroxyl groups is 1. The van der Waals surface area contributed by atoms with Crippen molar-refractivity contribution in [1.82, 2.24) is 10.2 Å². The van der Waals surface area contributed by atoms with Crippen LogP contribution >= 0.6 is 0 Å². The van der Waals surface area contributed by atoms with Gasteiger partial charge in [-0.15, -0.1) is 0 Å². The minimum absolute atomic E-state index is 0.0385. The summed E-state index contributed by atoms with van der Waals surface area (Å²) in [4.78, 5) is 26.4. The molecule has 160 valence electrons. The molecule has 3 N–H and O–H groups in total. The van der Waals surface area contributed by atoms with Crippen molar-refractivity contribution in [2.75, 3.05) is 13.1 Å². The van der Waals surface area contributed by atoms with Crippen molar-refractivity contribution >= 4 is 22.8 Å². The molecule has 2 aromatic rings. The highest BCUT2D eigenvalue weighted by atomic mass is 16.4. The first-order chi connectivity index (χ1) is 14.5. The van der Waals surface area contributed by atoms with Crippen LogP contribution in [0.3, 0.4) is 0 Å². The van der Waals surface area contributed by atoms with Crippen LogP contribution in [-0.4, -0.2) is 51.8 Å². The predicted octanol–water partition coefficient (Wildman–Crippen LogP) is 3.88. The van der Waals surface area contributed by atoms with Crippen LogP contribution in [0.1, 0.15) is 56.4 Å². The first-order valence-electron chi connectivity index (χ1n) is 11.0. The van der Waals surface area contributed by atoms with Gasteiger partial charge in [0.25, 0.3) is 0 Å². The fourth-order valence-electron chi connectivity index (χ4n) is 5.12. The number of rotatable bonds is 4. The first kappa shape index (κ1) is 20.7. The van der Waals surface area contributed by atoms with Gasteiger partial charge in [0.2, 0.25) is 5.91 Å². The van der Waals surface area contributed by atoms with Crippen molar-refractivity contribution in [3.05, 3.63) is 48.0 Å². The van der Waals surface area contributed by atoms with Gasteiger partial charge in [-0.3, -0.25) is 4.79 Å². The normalized spacial score (nSPS) is 20.6. The molecular weight excluding hydrogens is 380 g/mol. The van der Waals surface area contributed by atoms with E-state index < -0.39 is 17.6 Å². The van der Waals surface area contributed by atoms with Gasteiger partial charge in [-0.1, -0.05) is 61.7 Å². The highest BCUT2D eigenvalue weighted by molar-refractivity contribution is 5.89. The number of likely N-dealkylation sites (tertiary alicyclic amines) is 1. The Kier molecular flexibility index (Phi) is 5.95. The minimum atomic E-state index is -1.03. The second kappa shape index (κ2) is 8.64. The molecule has 0 spiro atoms. The largest absolute Gasteiger partial charge is 0.465 e. The Morgan fingerprint density at radius 3 is 2.33 bits per heavy atom. The number of hydrogen-bond donors (Lipinski definition) is 3. The van der Waals surface area contributed by atoms with Crippen LogP contribution in [-0.2, 0) is 4.79 Å². The van der Waals surface area contributed by atoms with Crippen LogP contribution in [0.2, 0.25) is 0 Å². The summed E-state index contributed by atoms with van der Waals surface area (Å²) in [7, 11) is 0. The van der Waals surface area contributed by atoms with Crippen LogP contribution in [0.5, 0.6) is 0 Å². The van der Waals surface area contributed by atoms with Crippen LogP contribution < -0.4 is 5.32 Å². The summed E-state index contributed by atoms with van der Waals surface area (Å²) in [6, 6.07) is 14.0. The zero-order valence-electron chi connectivity index (χ0n) is 17.2. The van der Waals surface area contributed by atoms with E-state index in [4.69, 9.17) is 5.11 Å². The van der Waals surface area contributed by atoms with Gasteiger partial charge in [-0.25, -0.2) is 4.79 Å². The Morgan fingerprint density at radius 1 is 1.00 bits per heavy atom. The lowest BCUT2D eigenvalue weighted by molar-refractivity contribution is -0.142. The molecular formula is C24H30N2O4. The predicted molar refractivity (Wildman–Crippen MR) is 115 cm³/mol. The van der Waals surface area contributed by atoms with Crippen molar-refractivity contribution in [3.8, 4) is 0 Å². The Balaban J connectivity index is 1.62. The van der Waals surface area contributed by atoms with E-state index in [2.05, 4.69) is 5.32 Å². The van der Waals surface area contributed by atoms with Gasteiger partial charge in [-0.05, 0) is 42.0 Å². The summed E-state index contributed by atoms with van der Waals surface area (Å²) in [5.41, 5.74) is -0.164. The van der Waals surface area contributed by atoms with Crippen LogP contribution in [0.15, 0.2) is 42.5 Å². The average molecular weight is 411 g/mol. The van der Waals surface area contributed by atoms with Crippen LogP contribution in [0.25, 0.3) is 10.8 Å². The zero-order valence-corrected chi connectivity index (χ0v) is 17.2. The highest BCUT2D eigenvalue weighted by Crippen LogP contribution is 2.42. The zero-order chi connectivity index (χ0) is 21.1. The van der Waals surface area contributed by atoms with Crippen LogP contribution in [0.4, 0.5) is 4.79 Å². The molecule has 1 saturated heterocycles. The average Bonchev–Trinajstić information content (AvgIpc) is 2.74. The third kappa shape index (κ3) is 4.29. The third-order valence-corrected chi connectivity index (χ3v) is 6.74. The maximum atomic E-state index is 13.7. The van der Waals surface area contributed by atoms with Gasteiger partial charge < -0.3 is 20.4 Å². The molecule has 2 aromatic carbocycles. The number of amides is 2. The van der Waals surface area contributed by atoms with Crippen molar-refractivity contribution in [2.45, 2.75) is 62.5 Å². The summed E-state index contributed by atoms with van der Waals surface area (Å²) >= 11 is 0. The Morgan fingerprint density at radius 2 is 1.67 bits per heavy atom. The van der Waals surface area contributed by atoms with Gasteiger partial charge in [0, 0.05) is 19.1 Å². The molecule has 2 fully saturated rings. The van der Waals surface area contributed by atoms with Crippen molar-refractivity contribution in [2.24, 2.45) is 0 Å². The van der Waals surface area contributed by atoms with Gasteiger partial charge in [0.15, 0.2) is 0 Å². The second-order valence-electron chi connectivity index (χ2n) is 8.75. The van der Waals surface area contributed by atoms with Gasteiger partial charge >= 0.3 is 6.09 Å². The molecule has 1 unspecified atom stereocenters. The molecule has 1 atom stereocenters. The van der Waals surface area contributed by atoms with Crippen molar-refractivity contribution in [3.63, 3.8) is 0 Å². The number of piperidine rings is 1. The minimum Gasteiger partial charge on any atom is -0.465 e. The molecule has 0 bridgehead atoms. The topological polar surface area (TPSA) is 89.9 Å². The van der Waals surface area contributed by atoms with E-state index in [0.29, 0.717) is 38.8 Å². The number of nitrogens with one attached hydrogen (secondary N) is 1. The van der Waals surface area contributed by atoms with Crippen molar-refractivity contribution in [1.29, 1.82) is 0 Å². The molecule has 2 amide bonds. The fourth-order valence-corrected chi connectivity index (χ4v) is 5.12. The lowest BCUT2D eigenvalue weighted by atomic mass is 9.71. The molecule has 1 aliphatic heterocycles. The highest BCUT2D eigenvalue weighted by Gasteiger charge is 2.45. The Labute approximate surface area is 176 Å². The molecule has 0 radical (unpaired) electrons. The summed E-state index contributed by atoms with van der Waals surface area (Å²) in [5, 5.41) is 25.2.